The Morgan fingerprint density at radius 3 is 2.95 bits per heavy atom. The maximum atomic E-state index is 11.4. The van der Waals surface area contributed by atoms with Crippen molar-refractivity contribution in [2.45, 2.75) is 13.3 Å². The average molecular weight is 274 g/mol. The molecule has 0 bridgehead atoms. The maximum Gasteiger partial charge on any atom is 0.307 e. The van der Waals surface area contributed by atoms with E-state index in [1.165, 1.54) is 0 Å². The van der Waals surface area contributed by atoms with Gasteiger partial charge < -0.3 is 14.7 Å². The number of pyridine rings is 1. The number of carbonyl (C=O) groups is 1. The number of carbonyl (C=O) groups excluding carboxylic acids is 1. The van der Waals surface area contributed by atoms with E-state index in [2.05, 4.69) is 4.98 Å². The van der Waals surface area contributed by atoms with Gasteiger partial charge in [-0.25, -0.2) is 4.98 Å². The Bertz CT molecular complexity index is 613. The zero-order chi connectivity index (χ0) is 14.5. The van der Waals surface area contributed by atoms with Crippen LogP contribution in [0.4, 0.5) is 5.82 Å². The zero-order valence-electron chi connectivity index (χ0n) is 11.7. The van der Waals surface area contributed by atoms with Crippen LogP contribution in [0.2, 0.25) is 0 Å². The van der Waals surface area contributed by atoms with E-state index in [1.807, 2.05) is 24.1 Å². The van der Waals surface area contributed by atoms with E-state index >= 15 is 0 Å². The van der Waals surface area contributed by atoms with Gasteiger partial charge in [-0.05, 0) is 30.5 Å². The second kappa shape index (κ2) is 6.23. The first kappa shape index (κ1) is 14.1. The standard InChI is InChI=1S/C15H18N2O3/c1-3-20-14(19)7-9-17(2)15-13-10-12(18)5-4-11(13)6-8-16-15/h4-6,8,10,18H,3,7,9H2,1-2H3. The van der Waals surface area contributed by atoms with Gasteiger partial charge >= 0.3 is 5.97 Å². The minimum Gasteiger partial charge on any atom is -0.508 e. The number of benzene rings is 1. The van der Waals surface area contributed by atoms with E-state index < -0.39 is 0 Å². The fourth-order valence-corrected chi connectivity index (χ4v) is 2.04. The van der Waals surface area contributed by atoms with Crippen LogP contribution in [0, 0.1) is 0 Å². The van der Waals surface area contributed by atoms with Crippen molar-refractivity contribution < 1.29 is 14.6 Å². The molecule has 1 heterocycles. The molecular formula is C15H18N2O3. The van der Waals surface area contributed by atoms with E-state index in [9.17, 15) is 9.90 Å². The van der Waals surface area contributed by atoms with Crippen LogP contribution in [0.15, 0.2) is 30.5 Å². The molecule has 106 valence electrons. The molecule has 1 aromatic heterocycles. The van der Waals surface area contributed by atoms with Crippen molar-refractivity contribution in [3.8, 4) is 5.75 Å². The van der Waals surface area contributed by atoms with Gasteiger partial charge in [-0.3, -0.25) is 4.79 Å². The van der Waals surface area contributed by atoms with E-state index in [0.29, 0.717) is 19.6 Å². The minimum atomic E-state index is -0.220. The number of ether oxygens (including phenoxy) is 1. The molecule has 5 nitrogen and oxygen atoms in total. The van der Waals surface area contributed by atoms with Crippen molar-refractivity contribution in [3.63, 3.8) is 0 Å². The fraction of sp³-hybridized carbons (Fsp3) is 0.333. The number of aromatic nitrogens is 1. The van der Waals surface area contributed by atoms with E-state index in [4.69, 9.17) is 4.74 Å². The average Bonchev–Trinajstić information content (AvgIpc) is 2.44. The summed E-state index contributed by atoms with van der Waals surface area (Å²) in [6.45, 7) is 2.69. The maximum absolute atomic E-state index is 11.4. The highest BCUT2D eigenvalue weighted by Crippen LogP contribution is 2.27. The van der Waals surface area contributed by atoms with Crippen LogP contribution in [-0.4, -0.2) is 36.3 Å². The molecule has 1 N–H and O–H groups in total. The first-order valence-electron chi connectivity index (χ1n) is 6.56. The number of fused-ring (bicyclic) bond motifs is 1. The van der Waals surface area contributed by atoms with Gasteiger partial charge in [-0.1, -0.05) is 6.07 Å². The molecule has 0 unspecified atom stereocenters. The minimum absolute atomic E-state index is 0.200. The third-order valence-corrected chi connectivity index (χ3v) is 3.05. The lowest BCUT2D eigenvalue weighted by Crippen LogP contribution is -2.23. The zero-order valence-corrected chi connectivity index (χ0v) is 11.7. The van der Waals surface area contributed by atoms with Crippen LogP contribution in [-0.2, 0) is 9.53 Å². The molecule has 5 heteroatoms. The van der Waals surface area contributed by atoms with Crippen molar-refractivity contribution in [1.82, 2.24) is 4.98 Å². The highest BCUT2D eigenvalue weighted by atomic mass is 16.5. The molecule has 0 aliphatic rings. The van der Waals surface area contributed by atoms with Gasteiger partial charge in [0.2, 0.25) is 0 Å². The van der Waals surface area contributed by atoms with Crippen molar-refractivity contribution in [2.24, 2.45) is 0 Å². The van der Waals surface area contributed by atoms with Gasteiger partial charge in [0, 0.05) is 25.2 Å². The summed E-state index contributed by atoms with van der Waals surface area (Å²) in [4.78, 5) is 17.6. The summed E-state index contributed by atoms with van der Waals surface area (Å²) >= 11 is 0. The van der Waals surface area contributed by atoms with Crippen molar-refractivity contribution in [2.75, 3.05) is 25.1 Å². The van der Waals surface area contributed by atoms with Crippen LogP contribution in [0.25, 0.3) is 10.8 Å². The number of hydrogen-bond donors (Lipinski definition) is 1. The number of phenols is 1. The van der Waals surface area contributed by atoms with Crippen LogP contribution in [0.3, 0.4) is 0 Å². The van der Waals surface area contributed by atoms with E-state index in [0.717, 1.165) is 16.6 Å². The summed E-state index contributed by atoms with van der Waals surface area (Å²) in [6, 6.07) is 7.05. The van der Waals surface area contributed by atoms with Crippen LogP contribution in [0.1, 0.15) is 13.3 Å². The van der Waals surface area contributed by atoms with Crippen LogP contribution >= 0.6 is 0 Å². The monoisotopic (exact) mass is 274 g/mol. The normalized spacial score (nSPS) is 10.5. The van der Waals surface area contributed by atoms with Crippen molar-refractivity contribution in [1.29, 1.82) is 0 Å². The Balaban J connectivity index is 2.19. The Morgan fingerprint density at radius 1 is 1.40 bits per heavy atom. The Morgan fingerprint density at radius 2 is 2.20 bits per heavy atom. The molecule has 0 atom stereocenters. The quantitative estimate of drug-likeness (QED) is 0.848. The molecular weight excluding hydrogens is 256 g/mol. The summed E-state index contributed by atoms with van der Waals surface area (Å²) in [5, 5.41) is 11.5. The second-order valence-electron chi connectivity index (χ2n) is 4.52. The van der Waals surface area contributed by atoms with Crippen LogP contribution < -0.4 is 4.90 Å². The number of rotatable bonds is 5. The lowest BCUT2D eigenvalue weighted by Gasteiger charge is -2.19. The van der Waals surface area contributed by atoms with Crippen molar-refractivity contribution >= 4 is 22.6 Å². The number of phenolic OH excluding ortho intramolecular Hbond substituents is 1. The topological polar surface area (TPSA) is 62.7 Å². The second-order valence-corrected chi connectivity index (χ2v) is 4.52. The number of aromatic hydroxyl groups is 1. The molecule has 1 aromatic carbocycles. The Labute approximate surface area is 117 Å². The largest absolute Gasteiger partial charge is 0.508 e. The van der Waals surface area contributed by atoms with E-state index in [-0.39, 0.29) is 11.7 Å². The fourth-order valence-electron chi connectivity index (χ4n) is 2.04. The highest BCUT2D eigenvalue weighted by molar-refractivity contribution is 5.93. The molecule has 2 rings (SSSR count). The van der Waals surface area contributed by atoms with E-state index in [1.54, 1.807) is 25.3 Å². The van der Waals surface area contributed by atoms with Gasteiger partial charge in [0.15, 0.2) is 0 Å². The molecule has 2 aromatic rings. The molecule has 0 amide bonds. The van der Waals surface area contributed by atoms with Gasteiger partial charge in [-0.15, -0.1) is 0 Å². The molecule has 0 saturated heterocycles. The van der Waals surface area contributed by atoms with Gasteiger partial charge in [-0.2, -0.15) is 0 Å². The molecule has 0 radical (unpaired) electrons. The summed E-state index contributed by atoms with van der Waals surface area (Å²) in [7, 11) is 1.87. The number of anilines is 1. The molecule has 0 aliphatic heterocycles. The molecule has 0 spiro atoms. The SMILES string of the molecule is CCOC(=O)CCN(C)c1nccc2ccc(O)cc12. The van der Waals surface area contributed by atoms with Gasteiger partial charge in [0.25, 0.3) is 0 Å². The predicted molar refractivity (Wildman–Crippen MR) is 77.9 cm³/mol. The lowest BCUT2D eigenvalue weighted by molar-refractivity contribution is -0.142. The smallest absolute Gasteiger partial charge is 0.307 e. The number of esters is 1. The van der Waals surface area contributed by atoms with Gasteiger partial charge in [0.05, 0.1) is 13.0 Å². The number of hydrogen-bond acceptors (Lipinski definition) is 5. The predicted octanol–water partition coefficient (Wildman–Crippen LogP) is 2.33. The summed E-state index contributed by atoms with van der Waals surface area (Å²) in [6.07, 6.45) is 2.02. The first-order valence-corrected chi connectivity index (χ1v) is 6.56. The molecule has 0 saturated carbocycles. The van der Waals surface area contributed by atoms with Gasteiger partial charge in [0.1, 0.15) is 11.6 Å². The van der Waals surface area contributed by atoms with Crippen LogP contribution in [0.5, 0.6) is 5.75 Å². The third kappa shape index (κ3) is 3.17. The third-order valence-electron chi connectivity index (χ3n) is 3.05. The molecule has 20 heavy (non-hydrogen) atoms. The first-order chi connectivity index (χ1) is 9.61. The molecule has 0 aliphatic carbocycles. The summed E-state index contributed by atoms with van der Waals surface area (Å²) in [5.41, 5.74) is 0. The Kier molecular flexibility index (Phi) is 4.40. The summed E-state index contributed by atoms with van der Waals surface area (Å²) < 4.78 is 4.91. The number of nitrogens with zero attached hydrogens (tertiary/aromatic N) is 2. The van der Waals surface area contributed by atoms with Crippen molar-refractivity contribution in [3.05, 3.63) is 30.5 Å². The lowest BCUT2D eigenvalue weighted by atomic mass is 10.1. The highest BCUT2D eigenvalue weighted by Gasteiger charge is 2.10. The Hall–Kier alpha value is -2.30. The summed E-state index contributed by atoms with van der Waals surface area (Å²) in [5.74, 6) is 0.718. The molecule has 0 fully saturated rings.